The average Bonchev–Trinajstić information content (AvgIpc) is 3.08. The van der Waals surface area contributed by atoms with Crippen LogP contribution in [0.1, 0.15) is 39.2 Å². The monoisotopic (exact) mass is 348 g/mol. The fraction of sp³-hybridized carbons (Fsp3) is 0.579. The van der Waals surface area contributed by atoms with E-state index in [1.165, 1.54) is 0 Å². The lowest BCUT2D eigenvalue weighted by atomic mass is 10.0. The van der Waals surface area contributed by atoms with E-state index < -0.39 is 18.2 Å². The lowest BCUT2D eigenvalue weighted by molar-refractivity contribution is -0.137. The van der Waals surface area contributed by atoms with Crippen molar-refractivity contribution in [3.63, 3.8) is 0 Å². The molecule has 0 spiro atoms. The fourth-order valence-electron chi connectivity index (χ4n) is 3.15. The Morgan fingerprint density at radius 3 is 2.56 bits per heavy atom. The number of hydrogen-bond acceptors (Lipinski definition) is 4. The molecule has 1 aliphatic heterocycles. The van der Waals surface area contributed by atoms with Crippen molar-refractivity contribution >= 4 is 12.0 Å². The molecule has 2 N–H and O–H groups in total. The molecule has 2 rings (SSSR count). The summed E-state index contributed by atoms with van der Waals surface area (Å²) in [5, 5.41) is 12.6. The zero-order chi connectivity index (χ0) is 18.4. The Labute approximate surface area is 149 Å². The van der Waals surface area contributed by atoms with Crippen LogP contribution in [0, 0.1) is 5.92 Å². The second-order valence-corrected chi connectivity index (χ2v) is 6.91. The first-order valence-electron chi connectivity index (χ1n) is 8.86. The number of aliphatic hydroxyl groups is 1. The quantitative estimate of drug-likeness (QED) is 0.827. The number of ether oxygens (including phenoxy) is 1. The Kier molecular flexibility index (Phi) is 6.82. The number of carbonyl (C=O) groups is 2. The molecule has 0 aromatic heterocycles. The molecule has 1 aromatic carbocycles. The van der Waals surface area contributed by atoms with E-state index in [2.05, 4.69) is 5.32 Å². The molecule has 0 aliphatic carbocycles. The third-order valence-electron chi connectivity index (χ3n) is 4.56. The largest absolute Gasteiger partial charge is 0.445 e. The Hall–Kier alpha value is -2.08. The molecule has 138 valence electrons. The molecule has 25 heavy (non-hydrogen) atoms. The SMILES string of the molecule is CC(C)[C@@H](NC(=O)OCc1ccccc1)C(=O)N1CCCC1[C@H](C)O. The Morgan fingerprint density at radius 1 is 1.28 bits per heavy atom. The summed E-state index contributed by atoms with van der Waals surface area (Å²) < 4.78 is 5.23. The molecule has 6 heteroatoms. The number of hydrogen-bond donors (Lipinski definition) is 2. The van der Waals surface area contributed by atoms with Crippen LogP contribution in [0.5, 0.6) is 0 Å². The third-order valence-corrected chi connectivity index (χ3v) is 4.56. The minimum atomic E-state index is -0.664. The summed E-state index contributed by atoms with van der Waals surface area (Å²) in [7, 11) is 0. The molecule has 1 aliphatic rings. The van der Waals surface area contributed by atoms with E-state index in [9.17, 15) is 14.7 Å². The van der Waals surface area contributed by atoms with Crippen molar-refractivity contribution in [2.24, 2.45) is 5.92 Å². The van der Waals surface area contributed by atoms with Gasteiger partial charge in [-0.3, -0.25) is 4.79 Å². The molecule has 6 nitrogen and oxygen atoms in total. The molecule has 0 bridgehead atoms. The Morgan fingerprint density at radius 2 is 1.96 bits per heavy atom. The van der Waals surface area contributed by atoms with Crippen LogP contribution in [-0.4, -0.2) is 46.7 Å². The molecule has 1 aromatic rings. The van der Waals surface area contributed by atoms with Crippen molar-refractivity contribution in [2.45, 2.75) is 58.4 Å². The predicted octanol–water partition coefficient (Wildman–Crippen LogP) is 2.31. The minimum Gasteiger partial charge on any atom is -0.445 e. The van der Waals surface area contributed by atoms with Gasteiger partial charge in [-0.2, -0.15) is 0 Å². The standard InChI is InChI=1S/C19H28N2O4/c1-13(2)17(18(23)21-11-7-10-16(21)14(3)22)20-19(24)25-12-15-8-5-4-6-9-15/h4-6,8-9,13-14,16-17,22H,7,10-12H2,1-3H3,(H,20,24)/t14-,16?,17+/m0/s1. The Bertz CT molecular complexity index is 574. The summed E-state index contributed by atoms with van der Waals surface area (Å²) in [6.07, 6.45) is 0.463. The first-order chi connectivity index (χ1) is 11.9. The highest BCUT2D eigenvalue weighted by atomic mass is 16.5. The van der Waals surface area contributed by atoms with Gasteiger partial charge in [0.25, 0.3) is 0 Å². The average molecular weight is 348 g/mol. The molecular formula is C19H28N2O4. The maximum atomic E-state index is 12.9. The van der Waals surface area contributed by atoms with Gasteiger partial charge >= 0.3 is 6.09 Å². The third kappa shape index (κ3) is 5.19. The van der Waals surface area contributed by atoms with Gasteiger partial charge in [0.2, 0.25) is 5.91 Å². The molecule has 1 heterocycles. The molecule has 1 unspecified atom stereocenters. The summed E-state index contributed by atoms with van der Waals surface area (Å²) in [5.41, 5.74) is 0.888. The van der Waals surface area contributed by atoms with Gasteiger partial charge in [-0.25, -0.2) is 4.79 Å². The minimum absolute atomic E-state index is 0.0768. The molecule has 3 atom stereocenters. The van der Waals surface area contributed by atoms with E-state index in [4.69, 9.17) is 4.74 Å². The summed E-state index contributed by atoms with van der Waals surface area (Å²) in [5.74, 6) is -0.234. The summed E-state index contributed by atoms with van der Waals surface area (Å²) >= 11 is 0. The second-order valence-electron chi connectivity index (χ2n) is 6.91. The molecule has 1 fully saturated rings. The lowest BCUT2D eigenvalue weighted by Crippen LogP contribution is -2.54. The van der Waals surface area contributed by atoms with Gasteiger partial charge in [0, 0.05) is 6.54 Å². The number of nitrogens with zero attached hydrogens (tertiary/aromatic N) is 1. The molecule has 0 radical (unpaired) electrons. The topological polar surface area (TPSA) is 78.9 Å². The highest BCUT2D eigenvalue weighted by Gasteiger charge is 2.37. The van der Waals surface area contributed by atoms with Gasteiger partial charge in [-0.05, 0) is 31.2 Å². The maximum absolute atomic E-state index is 12.9. The smallest absolute Gasteiger partial charge is 0.408 e. The molecule has 1 saturated heterocycles. The van der Waals surface area contributed by atoms with E-state index >= 15 is 0 Å². The molecule has 2 amide bonds. The van der Waals surface area contributed by atoms with Crippen LogP contribution in [0.15, 0.2) is 30.3 Å². The van der Waals surface area contributed by atoms with Crippen LogP contribution >= 0.6 is 0 Å². The summed E-state index contributed by atoms with van der Waals surface area (Å²) in [4.78, 5) is 26.7. The zero-order valence-corrected chi connectivity index (χ0v) is 15.1. The highest BCUT2D eigenvalue weighted by molar-refractivity contribution is 5.86. The molecule has 0 saturated carbocycles. The fourth-order valence-corrected chi connectivity index (χ4v) is 3.15. The number of benzene rings is 1. The van der Waals surface area contributed by atoms with Crippen LogP contribution in [0.3, 0.4) is 0 Å². The second kappa shape index (κ2) is 8.85. The van der Waals surface area contributed by atoms with Crippen LogP contribution in [0.2, 0.25) is 0 Å². The van der Waals surface area contributed by atoms with E-state index in [1.54, 1.807) is 11.8 Å². The highest BCUT2D eigenvalue weighted by Crippen LogP contribution is 2.22. The number of alkyl carbamates (subject to hydrolysis) is 1. The van der Waals surface area contributed by atoms with E-state index in [0.29, 0.717) is 6.54 Å². The first kappa shape index (κ1) is 19.2. The van der Waals surface area contributed by atoms with Gasteiger partial charge in [0.15, 0.2) is 0 Å². The van der Waals surface area contributed by atoms with Gasteiger partial charge in [-0.1, -0.05) is 44.2 Å². The molecular weight excluding hydrogens is 320 g/mol. The van der Waals surface area contributed by atoms with Crippen molar-refractivity contribution in [1.29, 1.82) is 0 Å². The zero-order valence-electron chi connectivity index (χ0n) is 15.1. The first-order valence-corrected chi connectivity index (χ1v) is 8.86. The van der Waals surface area contributed by atoms with Crippen LogP contribution in [0.25, 0.3) is 0 Å². The van der Waals surface area contributed by atoms with E-state index in [-0.39, 0.29) is 24.5 Å². The summed E-state index contributed by atoms with van der Waals surface area (Å²) in [6, 6.07) is 8.54. The number of carbonyl (C=O) groups excluding carboxylic acids is 2. The lowest BCUT2D eigenvalue weighted by Gasteiger charge is -2.32. The Balaban J connectivity index is 1.95. The van der Waals surface area contributed by atoms with Gasteiger partial charge in [0.05, 0.1) is 12.1 Å². The van der Waals surface area contributed by atoms with Gasteiger partial charge in [-0.15, -0.1) is 0 Å². The van der Waals surface area contributed by atoms with Crippen LogP contribution in [-0.2, 0) is 16.1 Å². The normalized spacial score (nSPS) is 19.6. The van der Waals surface area contributed by atoms with Crippen molar-refractivity contribution in [2.75, 3.05) is 6.54 Å². The number of nitrogens with one attached hydrogen (secondary N) is 1. The van der Waals surface area contributed by atoms with E-state index in [0.717, 1.165) is 18.4 Å². The summed E-state index contributed by atoms with van der Waals surface area (Å²) in [6.45, 7) is 6.23. The van der Waals surface area contributed by atoms with Crippen molar-refractivity contribution in [1.82, 2.24) is 10.2 Å². The van der Waals surface area contributed by atoms with Crippen LogP contribution in [0.4, 0.5) is 4.79 Å². The maximum Gasteiger partial charge on any atom is 0.408 e. The van der Waals surface area contributed by atoms with Gasteiger partial charge < -0.3 is 20.1 Å². The number of aliphatic hydroxyl groups excluding tert-OH is 1. The van der Waals surface area contributed by atoms with Crippen LogP contribution < -0.4 is 5.32 Å². The van der Waals surface area contributed by atoms with Gasteiger partial charge in [0.1, 0.15) is 12.6 Å². The predicted molar refractivity (Wildman–Crippen MR) is 94.8 cm³/mol. The number of amides is 2. The van der Waals surface area contributed by atoms with Crippen molar-refractivity contribution in [3.8, 4) is 0 Å². The van der Waals surface area contributed by atoms with Crippen molar-refractivity contribution < 1.29 is 19.4 Å². The van der Waals surface area contributed by atoms with E-state index in [1.807, 2.05) is 44.2 Å². The number of likely N-dealkylation sites (tertiary alicyclic amines) is 1. The number of rotatable bonds is 6. The van der Waals surface area contributed by atoms with Crippen molar-refractivity contribution in [3.05, 3.63) is 35.9 Å².